The zero-order valence-electron chi connectivity index (χ0n) is 41.4. The summed E-state index contributed by atoms with van der Waals surface area (Å²) in [6.45, 7) is 20.9. The van der Waals surface area contributed by atoms with E-state index in [9.17, 15) is 29.7 Å². The molecule has 6 rings (SSSR count). The molecular formula is C56H74N4O7S. The van der Waals surface area contributed by atoms with Crippen LogP contribution in [0.1, 0.15) is 133 Å². The number of hydrogen-bond acceptors (Lipinski definition) is 10. The second-order valence-corrected chi connectivity index (χ2v) is 21.6. The normalized spacial score (nSPS) is 16.3. The van der Waals surface area contributed by atoms with E-state index in [1.807, 2.05) is 52.0 Å². The van der Waals surface area contributed by atoms with Gasteiger partial charge in [-0.05, 0) is 134 Å². The number of phenolic OH excluding ortho intramolecular Hbond substituents is 2. The number of ketones is 1. The number of likely N-dealkylation sites (N-methyl/N-ethyl adjacent to an activating group) is 1. The van der Waals surface area contributed by atoms with E-state index in [0.29, 0.717) is 30.0 Å². The lowest BCUT2D eigenvalue weighted by atomic mass is 9.85. The fourth-order valence-corrected chi connectivity index (χ4v) is 10.2. The number of carbonyl (C=O) groups is 3. The number of aliphatic hydroxyl groups excluding tert-OH is 1. The number of hydrogen-bond donors (Lipinski definition) is 5. The Hall–Kier alpha value is -5.27. The van der Waals surface area contributed by atoms with Gasteiger partial charge in [0.25, 0.3) is 0 Å². The first-order valence-corrected chi connectivity index (χ1v) is 25.3. The van der Waals surface area contributed by atoms with Crippen molar-refractivity contribution in [1.29, 1.82) is 0 Å². The number of amides is 2. The van der Waals surface area contributed by atoms with E-state index in [1.54, 1.807) is 59.5 Å². The molecule has 0 saturated carbocycles. The average molecular weight is 947 g/mol. The number of aliphatic hydroxyl groups is 1. The van der Waals surface area contributed by atoms with Crippen molar-refractivity contribution in [1.82, 2.24) is 20.4 Å². The van der Waals surface area contributed by atoms with Gasteiger partial charge in [-0.25, -0.2) is 0 Å². The predicted octanol–water partition coefficient (Wildman–Crippen LogP) is 10.4. The molecule has 0 unspecified atom stereocenters. The minimum absolute atomic E-state index is 0.0349. The summed E-state index contributed by atoms with van der Waals surface area (Å²) in [4.78, 5) is 46.5. The van der Waals surface area contributed by atoms with E-state index in [1.165, 1.54) is 16.9 Å². The molecule has 1 aliphatic rings. The maximum absolute atomic E-state index is 14.1. The van der Waals surface area contributed by atoms with Crippen LogP contribution in [0.5, 0.6) is 17.2 Å². The highest BCUT2D eigenvalue weighted by Gasteiger charge is 2.44. The lowest BCUT2D eigenvalue weighted by molar-refractivity contribution is -0.142. The Bertz CT molecular complexity index is 2440. The second kappa shape index (κ2) is 23.4. The molecule has 1 aliphatic heterocycles. The first-order chi connectivity index (χ1) is 32.3. The lowest BCUT2D eigenvalue weighted by Crippen LogP contribution is -2.56. The summed E-state index contributed by atoms with van der Waals surface area (Å²) >= 11 is 1.44. The maximum Gasteiger partial charge on any atom is 0.243 e. The van der Waals surface area contributed by atoms with Gasteiger partial charge in [-0.3, -0.25) is 14.4 Å². The van der Waals surface area contributed by atoms with E-state index in [4.69, 9.17) is 4.74 Å². The van der Waals surface area contributed by atoms with Crippen LogP contribution in [0.4, 0.5) is 0 Å². The third kappa shape index (κ3) is 13.7. The van der Waals surface area contributed by atoms with E-state index in [-0.39, 0.29) is 58.9 Å². The molecule has 12 heteroatoms. The smallest absolute Gasteiger partial charge is 0.243 e. The number of nitrogens with zero attached hydrogens (tertiary/aromatic N) is 2. The van der Waals surface area contributed by atoms with E-state index in [0.717, 1.165) is 84.2 Å². The van der Waals surface area contributed by atoms with Crippen LogP contribution in [0.2, 0.25) is 0 Å². The van der Waals surface area contributed by atoms with Crippen molar-refractivity contribution in [2.45, 2.75) is 130 Å². The predicted molar refractivity (Wildman–Crippen MR) is 275 cm³/mol. The number of fused-ring (bicyclic) bond motifs is 1. The molecule has 1 aromatic heterocycles. The summed E-state index contributed by atoms with van der Waals surface area (Å²) in [5.41, 5.74) is 3.80. The Morgan fingerprint density at radius 1 is 0.824 bits per heavy atom. The number of carbonyl (C=O) groups excluding carboxylic acids is 3. The Labute approximate surface area is 407 Å². The Balaban J connectivity index is 0.888. The summed E-state index contributed by atoms with van der Waals surface area (Å²) < 4.78 is 6.92. The van der Waals surface area contributed by atoms with Crippen LogP contribution in [0, 0.1) is 5.41 Å². The van der Waals surface area contributed by atoms with Crippen LogP contribution in [0.25, 0.3) is 20.5 Å². The number of aromatic hydroxyl groups is 2. The van der Waals surface area contributed by atoms with Crippen LogP contribution in [-0.2, 0) is 15.0 Å². The number of phenols is 2. The largest absolute Gasteiger partial charge is 0.508 e. The molecule has 1 saturated heterocycles. The molecule has 0 spiro atoms. The van der Waals surface area contributed by atoms with Gasteiger partial charge >= 0.3 is 0 Å². The number of nitrogens with one attached hydrogen (secondary N) is 2. The quantitative estimate of drug-likeness (QED) is 0.0337. The van der Waals surface area contributed by atoms with Gasteiger partial charge in [-0.1, -0.05) is 98.4 Å². The molecule has 5 N–H and O–H groups in total. The van der Waals surface area contributed by atoms with Crippen LogP contribution < -0.4 is 15.4 Å². The molecule has 68 heavy (non-hydrogen) atoms. The van der Waals surface area contributed by atoms with Gasteiger partial charge < -0.3 is 40.5 Å². The highest BCUT2D eigenvalue weighted by atomic mass is 32.1. The molecule has 11 nitrogen and oxygen atoms in total. The summed E-state index contributed by atoms with van der Waals surface area (Å²) in [7, 11) is 0. The van der Waals surface area contributed by atoms with Gasteiger partial charge in [-0.2, -0.15) is 0 Å². The summed E-state index contributed by atoms with van der Waals surface area (Å²) in [5, 5.41) is 38.0. The topological polar surface area (TPSA) is 152 Å². The highest BCUT2D eigenvalue weighted by molar-refractivity contribution is 7.22. The number of unbranched alkanes of at least 4 members (excludes halogenated alkanes) is 5. The number of rotatable bonds is 22. The van der Waals surface area contributed by atoms with Crippen molar-refractivity contribution in [2.75, 3.05) is 39.3 Å². The maximum atomic E-state index is 14.1. The third-order valence-electron chi connectivity index (χ3n) is 13.1. The van der Waals surface area contributed by atoms with Crippen LogP contribution in [0.15, 0.2) is 91.0 Å². The van der Waals surface area contributed by atoms with E-state index < -0.39 is 18.2 Å². The molecule has 4 aromatic carbocycles. The first-order valence-electron chi connectivity index (χ1n) is 24.5. The van der Waals surface area contributed by atoms with Crippen molar-refractivity contribution in [2.24, 2.45) is 5.41 Å². The molecule has 2 amide bonds. The van der Waals surface area contributed by atoms with Gasteiger partial charge in [0.1, 0.15) is 29.9 Å². The van der Waals surface area contributed by atoms with Gasteiger partial charge in [-0.15, -0.1) is 11.3 Å². The second-order valence-electron chi connectivity index (χ2n) is 20.5. The van der Waals surface area contributed by atoms with E-state index in [2.05, 4.69) is 55.4 Å². The molecule has 366 valence electrons. The summed E-state index contributed by atoms with van der Waals surface area (Å²) in [6, 6.07) is 26.0. The summed E-state index contributed by atoms with van der Waals surface area (Å²) in [6.07, 6.45) is 5.99. The van der Waals surface area contributed by atoms with Crippen molar-refractivity contribution in [3.63, 3.8) is 0 Å². The number of likely N-dealkylation sites (tertiary alicyclic amines) is 1. The number of benzene rings is 4. The van der Waals surface area contributed by atoms with Crippen LogP contribution in [0.3, 0.4) is 0 Å². The van der Waals surface area contributed by atoms with Gasteiger partial charge in [0.15, 0.2) is 5.78 Å². The number of ether oxygens (including phenoxy) is 1. The monoisotopic (exact) mass is 947 g/mol. The molecular weight excluding hydrogens is 873 g/mol. The Kier molecular flexibility index (Phi) is 17.9. The van der Waals surface area contributed by atoms with Gasteiger partial charge in [0.05, 0.1) is 18.2 Å². The third-order valence-corrected chi connectivity index (χ3v) is 14.3. The molecule has 5 aromatic rings. The first kappa shape index (κ1) is 52.1. The lowest BCUT2D eigenvalue weighted by Gasteiger charge is -2.35. The van der Waals surface area contributed by atoms with Crippen LogP contribution >= 0.6 is 11.3 Å². The minimum atomic E-state index is -0.745. The number of thiophene rings is 1. The Morgan fingerprint density at radius 2 is 1.47 bits per heavy atom. The zero-order valence-corrected chi connectivity index (χ0v) is 42.3. The average Bonchev–Trinajstić information content (AvgIpc) is 3.88. The SMILES string of the molecule is CCN(CCCCCCCCN[C@H](C(=O)N1C[C@H](O)C[C@H]1C(=O)N[C@@H](C)c1ccc(C(C)(C)C)cc1)C(C)(C)C)CCOc1ccc(C(=O)c2c(-c3ccc(O)cc3)sc3cc(O)ccc23)cc1. The van der Waals surface area contributed by atoms with Crippen molar-refractivity contribution in [3.8, 4) is 27.7 Å². The fraction of sp³-hybridized carbons (Fsp3) is 0.482. The van der Waals surface area contributed by atoms with Gasteiger partial charge in [0, 0.05) is 45.6 Å². The zero-order chi connectivity index (χ0) is 49.2. The fourth-order valence-electron chi connectivity index (χ4n) is 9.01. The standard InChI is InChI=1S/C56H74N4O7S/c1-9-59(32-33-67-45-27-20-39(21-28-45)50(64)49-46-29-26-43(62)35-48(46)68-51(49)40-18-24-42(61)25-19-40)31-15-13-11-10-12-14-30-57-52(56(6,7)8)54(66)60-36-44(63)34-47(60)53(65)58-37(2)38-16-22-41(23-17-38)55(3,4)5/h16-29,35,37,44,47,52,57,61-63H,9-15,30-34,36H2,1-8H3,(H,58,65)/t37-,44+,47-,52+/m0/s1. The summed E-state index contributed by atoms with van der Waals surface area (Å²) in [5.74, 6) is 0.501. The van der Waals surface area contributed by atoms with Crippen LogP contribution in [-0.4, -0.2) is 100 Å². The Morgan fingerprint density at radius 3 is 2.12 bits per heavy atom. The van der Waals surface area contributed by atoms with Crippen molar-refractivity contribution < 1.29 is 34.4 Å². The minimum Gasteiger partial charge on any atom is -0.508 e. The highest BCUT2D eigenvalue weighted by Crippen LogP contribution is 2.41. The molecule has 1 fully saturated rings. The van der Waals surface area contributed by atoms with Gasteiger partial charge in [0.2, 0.25) is 11.8 Å². The molecule has 0 bridgehead atoms. The van der Waals surface area contributed by atoms with Crippen molar-refractivity contribution in [3.05, 3.63) is 113 Å². The molecule has 0 radical (unpaired) electrons. The molecule has 0 aliphatic carbocycles. The molecule has 4 atom stereocenters. The van der Waals surface area contributed by atoms with Crippen molar-refractivity contribution >= 4 is 39.0 Å². The number of β-amino-alcohol motifs (C(OH)–C–C–N with tert-alkyl or cyclic N) is 1. The van der Waals surface area contributed by atoms with E-state index >= 15 is 0 Å². The molecule has 2 heterocycles.